The van der Waals surface area contributed by atoms with Gasteiger partial charge in [0.05, 0.1) is 30.1 Å². The van der Waals surface area contributed by atoms with Crippen molar-refractivity contribution in [3.8, 4) is 0 Å². The Morgan fingerprint density at radius 3 is 2.56 bits per heavy atom. The van der Waals surface area contributed by atoms with E-state index in [0.717, 1.165) is 0 Å². The minimum absolute atomic E-state index is 0.182. The lowest BCUT2D eigenvalue weighted by Crippen LogP contribution is -2.43. The fourth-order valence-electron chi connectivity index (χ4n) is 1.20. The Balaban J connectivity index is 2.40. The first-order chi connectivity index (χ1) is 8.39. The van der Waals surface area contributed by atoms with Crippen LogP contribution in [0.5, 0.6) is 0 Å². The molecule has 0 spiro atoms. The maximum absolute atomic E-state index is 11.4. The van der Waals surface area contributed by atoms with Crippen LogP contribution in [0, 0.1) is 0 Å². The number of hydrogen-bond donors (Lipinski definition) is 4. The molecule has 1 rings (SSSR count). The standard InChI is InChI=1S/C10H14N4O4/c1-10(18,2-8(15)16)5-13-9(17)14-7-3-11-6-12-4-7/h3-4,6,18H,2,5H2,1H3,(H,15,16)(H2,13,14,17). The average molecular weight is 254 g/mol. The normalized spacial score (nSPS) is 13.4. The minimum Gasteiger partial charge on any atom is -0.481 e. The summed E-state index contributed by atoms with van der Waals surface area (Å²) in [6, 6.07) is -0.574. The molecule has 1 atom stereocenters. The van der Waals surface area contributed by atoms with Crippen LogP contribution < -0.4 is 10.6 Å². The summed E-state index contributed by atoms with van der Waals surface area (Å²) in [6.07, 6.45) is 3.67. The van der Waals surface area contributed by atoms with Gasteiger partial charge in [-0.05, 0) is 6.92 Å². The van der Waals surface area contributed by atoms with E-state index in [1.54, 1.807) is 0 Å². The van der Waals surface area contributed by atoms with Gasteiger partial charge in [0.15, 0.2) is 0 Å². The molecule has 0 bridgehead atoms. The number of amides is 2. The monoisotopic (exact) mass is 254 g/mol. The molecule has 18 heavy (non-hydrogen) atoms. The molecule has 1 aromatic rings. The predicted molar refractivity (Wildman–Crippen MR) is 61.9 cm³/mol. The van der Waals surface area contributed by atoms with Crippen LogP contribution in [0.1, 0.15) is 13.3 Å². The number of nitrogens with zero attached hydrogens (tertiary/aromatic N) is 2. The molecule has 98 valence electrons. The van der Waals surface area contributed by atoms with Crippen molar-refractivity contribution in [2.24, 2.45) is 0 Å². The Hall–Kier alpha value is -2.22. The molecular formula is C10H14N4O4. The van der Waals surface area contributed by atoms with Crippen LogP contribution in [0.4, 0.5) is 10.5 Å². The van der Waals surface area contributed by atoms with E-state index in [2.05, 4.69) is 20.6 Å². The van der Waals surface area contributed by atoms with Crippen LogP contribution in [-0.2, 0) is 4.79 Å². The number of aliphatic hydroxyl groups is 1. The molecular weight excluding hydrogens is 240 g/mol. The number of urea groups is 1. The Kier molecular flexibility index (Phi) is 4.55. The number of hydrogen-bond acceptors (Lipinski definition) is 5. The highest BCUT2D eigenvalue weighted by Crippen LogP contribution is 2.07. The number of carboxylic acids is 1. The van der Waals surface area contributed by atoms with Crippen molar-refractivity contribution in [1.82, 2.24) is 15.3 Å². The molecule has 0 aliphatic carbocycles. The van der Waals surface area contributed by atoms with Gasteiger partial charge in [0.1, 0.15) is 6.33 Å². The average Bonchev–Trinajstić information content (AvgIpc) is 2.26. The molecule has 0 aliphatic heterocycles. The maximum Gasteiger partial charge on any atom is 0.319 e. The van der Waals surface area contributed by atoms with Crippen molar-refractivity contribution in [3.63, 3.8) is 0 Å². The Morgan fingerprint density at radius 2 is 2.00 bits per heavy atom. The summed E-state index contributed by atoms with van der Waals surface area (Å²) in [5, 5.41) is 23.0. The quantitative estimate of drug-likeness (QED) is 0.578. The van der Waals surface area contributed by atoms with Gasteiger partial charge in [0.2, 0.25) is 0 Å². The summed E-state index contributed by atoms with van der Waals surface area (Å²) in [5.74, 6) is -1.14. The first-order valence-corrected chi connectivity index (χ1v) is 5.13. The van der Waals surface area contributed by atoms with E-state index < -0.39 is 24.0 Å². The summed E-state index contributed by atoms with van der Waals surface area (Å²) in [5.41, 5.74) is -1.11. The number of aromatic nitrogens is 2. The largest absolute Gasteiger partial charge is 0.481 e. The van der Waals surface area contributed by atoms with Crippen molar-refractivity contribution in [2.75, 3.05) is 11.9 Å². The van der Waals surface area contributed by atoms with Crippen molar-refractivity contribution in [2.45, 2.75) is 18.9 Å². The van der Waals surface area contributed by atoms with E-state index in [4.69, 9.17) is 5.11 Å². The van der Waals surface area contributed by atoms with Gasteiger partial charge in [-0.2, -0.15) is 0 Å². The smallest absolute Gasteiger partial charge is 0.319 e. The fraction of sp³-hybridized carbons (Fsp3) is 0.400. The van der Waals surface area contributed by atoms with Gasteiger partial charge in [-0.15, -0.1) is 0 Å². The SMILES string of the molecule is CC(O)(CNC(=O)Nc1cncnc1)CC(=O)O. The van der Waals surface area contributed by atoms with Crippen LogP contribution in [0.25, 0.3) is 0 Å². The van der Waals surface area contributed by atoms with E-state index in [0.29, 0.717) is 5.69 Å². The van der Waals surface area contributed by atoms with Gasteiger partial charge in [0.25, 0.3) is 0 Å². The minimum atomic E-state index is -1.50. The number of carboxylic acid groups (broad SMARTS) is 1. The van der Waals surface area contributed by atoms with Crippen LogP contribution in [0.3, 0.4) is 0 Å². The van der Waals surface area contributed by atoms with Gasteiger partial charge in [0, 0.05) is 6.54 Å². The summed E-state index contributed by atoms with van der Waals surface area (Å²) >= 11 is 0. The van der Waals surface area contributed by atoms with Crippen LogP contribution in [0.2, 0.25) is 0 Å². The number of rotatable bonds is 5. The highest BCUT2D eigenvalue weighted by atomic mass is 16.4. The molecule has 0 saturated heterocycles. The number of anilines is 1. The highest BCUT2D eigenvalue weighted by Gasteiger charge is 2.24. The summed E-state index contributed by atoms with van der Waals surface area (Å²) < 4.78 is 0. The third-order valence-corrected chi connectivity index (χ3v) is 1.98. The van der Waals surface area contributed by atoms with Gasteiger partial charge < -0.3 is 20.8 Å². The second kappa shape index (κ2) is 5.92. The zero-order chi connectivity index (χ0) is 13.6. The topological polar surface area (TPSA) is 124 Å². The van der Waals surface area contributed by atoms with Crippen molar-refractivity contribution < 1.29 is 19.8 Å². The van der Waals surface area contributed by atoms with Gasteiger partial charge in [-0.25, -0.2) is 14.8 Å². The van der Waals surface area contributed by atoms with E-state index in [-0.39, 0.29) is 6.54 Å². The second-order valence-electron chi connectivity index (χ2n) is 4.00. The van der Waals surface area contributed by atoms with E-state index in [1.165, 1.54) is 25.6 Å². The number of aliphatic carboxylic acids is 1. The molecule has 0 saturated carbocycles. The molecule has 0 aliphatic rings. The lowest BCUT2D eigenvalue weighted by atomic mass is 10.0. The van der Waals surface area contributed by atoms with Crippen LogP contribution >= 0.6 is 0 Å². The lowest BCUT2D eigenvalue weighted by molar-refractivity contribution is -0.141. The van der Waals surface area contributed by atoms with Crippen molar-refractivity contribution >= 4 is 17.7 Å². The Morgan fingerprint density at radius 1 is 1.39 bits per heavy atom. The molecule has 0 radical (unpaired) electrons. The Bertz CT molecular complexity index is 421. The zero-order valence-corrected chi connectivity index (χ0v) is 9.75. The molecule has 0 aromatic carbocycles. The lowest BCUT2D eigenvalue weighted by Gasteiger charge is -2.21. The van der Waals surface area contributed by atoms with Crippen molar-refractivity contribution in [3.05, 3.63) is 18.7 Å². The number of carbonyl (C=O) groups excluding carboxylic acids is 1. The van der Waals surface area contributed by atoms with Crippen LogP contribution in [-0.4, -0.2) is 44.3 Å². The fourth-order valence-corrected chi connectivity index (χ4v) is 1.20. The molecule has 1 unspecified atom stereocenters. The Labute approximate surface area is 103 Å². The molecule has 1 aromatic heterocycles. The predicted octanol–water partition coefficient (Wildman–Crippen LogP) is -0.176. The van der Waals surface area contributed by atoms with E-state index in [1.807, 2.05) is 0 Å². The summed E-state index contributed by atoms with van der Waals surface area (Å²) in [4.78, 5) is 29.3. The molecule has 8 heteroatoms. The first-order valence-electron chi connectivity index (χ1n) is 5.13. The molecule has 2 amide bonds. The summed E-state index contributed by atoms with van der Waals surface area (Å²) in [7, 11) is 0. The third-order valence-electron chi connectivity index (χ3n) is 1.98. The van der Waals surface area contributed by atoms with Gasteiger partial charge in [-0.1, -0.05) is 0 Å². The van der Waals surface area contributed by atoms with Gasteiger partial charge in [-0.3, -0.25) is 4.79 Å². The summed E-state index contributed by atoms with van der Waals surface area (Å²) in [6.45, 7) is 1.14. The molecule has 4 N–H and O–H groups in total. The van der Waals surface area contributed by atoms with Crippen LogP contribution in [0.15, 0.2) is 18.7 Å². The number of nitrogens with one attached hydrogen (secondary N) is 2. The molecule has 1 heterocycles. The molecule has 0 fully saturated rings. The zero-order valence-electron chi connectivity index (χ0n) is 9.75. The third kappa shape index (κ3) is 5.21. The van der Waals surface area contributed by atoms with Crippen molar-refractivity contribution in [1.29, 1.82) is 0 Å². The first kappa shape index (κ1) is 13.8. The van der Waals surface area contributed by atoms with E-state index >= 15 is 0 Å². The number of carbonyl (C=O) groups is 2. The second-order valence-corrected chi connectivity index (χ2v) is 4.00. The maximum atomic E-state index is 11.4. The van der Waals surface area contributed by atoms with E-state index in [9.17, 15) is 14.7 Å². The van der Waals surface area contributed by atoms with Gasteiger partial charge >= 0.3 is 12.0 Å². The highest BCUT2D eigenvalue weighted by molar-refractivity contribution is 5.88. The molecule has 8 nitrogen and oxygen atoms in total.